The summed E-state index contributed by atoms with van der Waals surface area (Å²) in [4.78, 5) is 15.7. The van der Waals surface area contributed by atoms with Gasteiger partial charge in [0.05, 0.1) is 0 Å². The topological polar surface area (TPSA) is 96.4 Å². The first kappa shape index (κ1) is 28.6. The molecular formula is C30H41N5OS. The normalized spacial score (nSPS) is 12.2. The second-order valence-corrected chi connectivity index (χ2v) is 10.6. The fourth-order valence-corrected chi connectivity index (χ4v) is 4.60. The first-order valence-electron chi connectivity index (χ1n) is 13.1. The molecule has 0 spiro atoms. The van der Waals surface area contributed by atoms with Crippen LogP contribution < -0.4 is 22.1 Å². The summed E-state index contributed by atoms with van der Waals surface area (Å²) in [7, 11) is 0. The van der Waals surface area contributed by atoms with Gasteiger partial charge >= 0.3 is 0 Å². The van der Waals surface area contributed by atoms with Crippen molar-refractivity contribution in [1.82, 2.24) is 15.5 Å². The van der Waals surface area contributed by atoms with E-state index in [2.05, 4.69) is 53.1 Å². The minimum absolute atomic E-state index is 0.0376. The van der Waals surface area contributed by atoms with Gasteiger partial charge in [0.15, 0.2) is 5.11 Å². The number of thiocarbonyl (C=S) groups is 1. The van der Waals surface area contributed by atoms with Crippen LogP contribution in [-0.4, -0.2) is 47.1 Å². The SMILES string of the molecule is CC(C)(N)CCNC(=S)N(Cc1cccc2ccccc12)C(Cc1ccccc1)C(=O)NCCCCN. The minimum Gasteiger partial charge on any atom is -0.362 e. The van der Waals surface area contributed by atoms with Crippen molar-refractivity contribution >= 4 is 34.0 Å². The zero-order valence-electron chi connectivity index (χ0n) is 22.1. The molecule has 0 saturated carbocycles. The Labute approximate surface area is 226 Å². The highest BCUT2D eigenvalue weighted by atomic mass is 32.1. The Kier molecular flexibility index (Phi) is 10.9. The largest absolute Gasteiger partial charge is 0.362 e. The number of benzene rings is 3. The number of nitrogens with zero attached hydrogens (tertiary/aromatic N) is 1. The fraction of sp³-hybridized carbons (Fsp3) is 0.400. The Morgan fingerprint density at radius 2 is 1.65 bits per heavy atom. The lowest BCUT2D eigenvalue weighted by molar-refractivity contribution is -0.125. The van der Waals surface area contributed by atoms with E-state index < -0.39 is 6.04 Å². The summed E-state index contributed by atoms with van der Waals surface area (Å²) >= 11 is 5.93. The summed E-state index contributed by atoms with van der Waals surface area (Å²) in [5.41, 5.74) is 13.7. The summed E-state index contributed by atoms with van der Waals surface area (Å²) in [6, 6.07) is 24.2. The van der Waals surface area contributed by atoms with E-state index in [1.54, 1.807) is 0 Å². The Balaban J connectivity index is 1.93. The van der Waals surface area contributed by atoms with Crippen LogP contribution in [0.5, 0.6) is 0 Å². The molecule has 7 heteroatoms. The maximum atomic E-state index is 13.7. The Bertz CT molecular complexity index is 1140. The molecule has 1 atom stereocenters. The summed E-state index contributed by atoms with van der Waals surface area (Å²) in [5, 5.41) is 9.39. The third-order valence-corrected chi connectivity index (χ3v) is 6.79. The van der Waals surface area contributed by atoms with Gasteiger partial charge in [0.2, 0.25) is 5.91 Å². The molecule has 6 N–H and O–H groups in total. The lowest BCUT2D eigenvalue weighted by Crippen LogP contribution is -2.54. The van der Waals surface area contributed by atoms with E-state index in [1.165, 1.54) is 0 Å². The van der Waals surface area contributed by atoms with Crippen molar-refractivity contribution in [2.24, 2.45) is 11.5 Å². The highest BCUT2D eigenvalue weighted by molar-refractivity contribution is 7.80. The predicted molar refractivity (Wildman–Crippen MR) is 158 cm³/mol. The van der Waals surface area contributed by atoms with E-state index in [0.29, 0.717) is 37.7 Å². The Morgan fingerprint density at radius 3 is 2.38 bits per heavy atom. The minimum atomic E-state index is -0.481. The smallest absolute Gasteiger partial charge is 0.243 e. The van der Waals surface area contributed by atoms with Crippen LogP contribution in [0.3, 0.4) is 0 Å². The van der Waals surface area contributed by atoms with Gasteiger partial charge in [-0.1, -0.05) is 72.8 Å². The number of carbonyl (C=O) groups is 1. The molecule has 0 aromatic heterocycles. The maximum Gasteiger partial charge on any atom is 0.243 e. The maximum absolute atomic E-state index is 13.7. The zero-order valence-corrected chi connectivity index (χ0v) is 22.9. The molecular weight excluding hydrogens is 478 g/mol. The molecule has 0 heterocycles. The zero-order chi connectivity index (χ0) is 26.7. The van der Waals surface area contributed by atoms with Gasteiger partial charge in [0, 0.05) is 31.6 Å². The molecule has 1 amide bonds. The van der Waals surface area contributed by atoms with Crippen molar-refractivity contribution in [3.63, 3.8) is 0 Å². The Hall–Kier alpha value is -3.00. The van der Waals surface area contributed by atoms with Crippen LogP contribution >= 0.6 is 12.2 Å². The van der Waals surface area contributed by atoms with Gasteiger partial charge in [-0.3, -0.25) is 4.79 Å². The summed E-state index contributed by atoms with van der Waals surface area (Å²) in [6.07, 6.45) is 3.01. The lowest BCUT2D eigenvalue weighted by atomic mass is 10.0. The Morgan fingerprint density at radius 1 is 0.946 bits per heavy atom. The monoisotopic (exact) mass is 519 g/mol. The summed E-state index contributed by atoms with van der Waals surface area (Å²) in [6.45, 7) is 6.33. The van der Waals surface area contributed by atoms with Crippen LogP contribution in [0.15, 0.2) is 72.8 Å². The molecule has 3 rings (SSSR count). The summed E-state index contributed by atoms with van der Waals surface area (Å²) < 4.78 is 0. The van der Waals surface area contributed by atoms with Crippen LogP contribution in [0.25, 0.3) is 10.8 Å². The van der Waals surface area contributed by atoms with Crippen LogP contribution in [0.1, 0.15) is 44.2 Å². The second-order valence-electron chi connectivity index (χ2n) is 10.2. The molecule has 6 nitrogen and oxygen atoms in total. The van der Waals surface area contributed by atoms with Crippen LogP contribution in [-0.2, 0) is 17.8 Å². The molecule has 0 saturated heterocycles. The van der Waals surface area contributed by atoms with E-state index in [4.69, 9.17) is 23.7 Å². The molecule has 0 aliphatic carbocycles. The van der Waals surface area contributed by atoms with Crippen LogP contribution in [0.2, 0.25) is 0 Å². The molecule has 3 aromatic carbocycles. The van der Waals surface area contributed by atoms with Crippen LogP contribution in [0, 0.1) is 0 Å². The van der Waals surface area contributed by atoms with E-state index in [-0.39, 0.29) is 11.4 Å². The number of unbranched alkanes of at least 4 members (excludes halogenated alkanes) is 1. The molecule has 1 unspecified atom stereocenters. The number of nitrogens with two attached hydrogens (primary N) is 2. The number of rotatable bonds is 13. The van der Waals surface area contributed by atoms with E-state index in [9.17, 15) is 4.79 Å². The average molecular weight is 520 g/mol. The van der Waals surface area contributed by atoms with E-state index >= 15 is 0 Å². The number of hydrogen-bond donors (Lipinski definition) is 4. The van der Waals surface area contributed by atoms with Crippen molar-refractivity contribution in [3.8, 4) is 0 Å². The lowest BCUT2D eigenvalue weighted by Gasteiger charge is -2.34. The quantitative estimate of drug-likeness (QED) is 0.201. The number of fused-ring (bicyclic) bond motifs is 1. The van der Waals surface area contributed by atoms with Crippen LogP contribution in [0.4, 0.5) is 0 Å². The molecule has 0 radical (unpaired) electrons. The van der Waals surface area contributed by atoms with E-state index in [0.717, 1.165) is 41.2 Å². The molecule has 0 fully saturated rings. The van der Waals surface area contributed by atoms with Gasteiger partial charge in [-0.25, -0.2) is 0 Å². The third-order valence-electron chi connectivity index (χ3n) is 6.41. The molecule has 0 aliphatic rings. The molecule has 3 aromatic rings. The molecule has 198 valence electrons. The van der Waals surface area contributed by atoms with Gasteiger partial charge in [0.25, 0.3) is 0 Å². The standard InChI is InChI=1S/C30H41N5OS/c1-30(2,32)17-20-34-29(37)35(22-25-15-10-14-24-13-6-7-16-26(24)25)27(21-23-11-4-3-5-12-23)28(36)33-19-9-8-18-31/h3-7,10-16,27H,8-9,17-22,31-32H2,1-2H3,(H,33,36)(H,34,37). The van der Waals surface area contributed by atoms with Gasteiger partial charge in [-0.15, -0.1) is 0 Å². The molecule has 37 heavy (non-hydrogen) atoms. The van der Waals surface area contributed by atoms with Gasteiger partial charge < -0.3 is 27.0 Å². The number of amides is 1. The van der Waals surface area contributed by atoms with Crippen molar-refractivity contribution < 1.29 is 4.79 Å². The predicted octanol–water partition coefficient (Wildman–Crippen LogP) is 4.11. The van der Waals surface area contributed by atoms with Crippen molar-refractivity contribution in [1.29, 1.82) is 0 Å². The van der Waals surface area contributed by atoms with Crippen molar-refractivity contribution in [2.45, 2.75) is 57.7 Å². The number of nitrogens with one attached hydrogen (secondary N) is 2. The summed E-state index contributed by atoms with van der Waals surface area (Å²) in [5.74, 6) is -0.0376. The first-order valence-corrected chi connectivity index (χ1v) is 13.5. The van der Waals surface area contributed by atoms with Gasteiger partial charge in [-0.2, -0.15) is 0 Å². The van der Waals surface area contributed by atoms with Crippen molar-refractivity contribution in [3.05, 3.63) is 83.9 Å². The van der Waals surface area contributed by atoms with Gasteiger partial charge in [-0.05, 0) is 73.8 Å². The first-order chi connectivity index (χ1) is 17.8. The fourth-order valence-electron chi connectivity index (χ4n) is 4.31. The molecule has 0 bridgehead atoms. The third kappa shape index (κ3) is 9.11. The highest BCUT2D eigenvalue weighted by Gasteiger charge is 2.29. The average Bonchev–Trinajstić information content (AvgIpc) is 2.88. The van der Waals surface area contributed by atoms with Gasteiger partial charge in [0.1, 0.15) is 6.04 Å². The van der Waals surface area contributed by atoms with E-state index in [1.807, 2.05) is 49.1 Å². The number of carbonyl (C=O) groups excluding carboxylic acids is 1. The number of hydrogen-bond acceptors (Lipinski definition) is 4. The van der Waals surface area contributed by atoms with Crippen molar-refractivity contribution in [2.75, 3.05) is 19.6 Å². The highest BCUT2D eigenvalue weighted by Crippen LogP contribution is 2.22. The molecule has 0 aliphatic heterocycles. The second kappa shape index (κ2) is 14.1.